The highest BCUT2D eigenvalue weighted by Gasteiger charge is 2.46. The molecule has 0 aliphatic carbocycles. The predicted molar refractivity (Wildman–Crippen MR) is 142 cm³/mol. The molecule has 1 spiro atoms. The summed E-state index contributed by atoms with van der Waals surface area (Å²) in [6, 6.07) is 13.3. The Hall–Kier alpha value is -2.90. The van der Waals surface area contributed by atoms with Crippen LogP contribution in [0.15, 0.2) is 53.2 Å². The van der Waals surface area contributed by atoms with Gasteiger partial charge >= 0.3 is 0 Å². The van der Waals surface area contributed by atoms with Crippen LogP contribution >= 0.6 is 0 Å². The Morgan fingerprint density at radius 3 is 2.81 bits per heavy atom. The lowest BCUT2D eigenvalue weighted by Gasteiger charge is -2.46. The normalized spacial score (nSPS) is 25.6. The number of aliphatic hydroxyl groups is 1. The van der Waals surface area contributed by atoms with Gasteiger partial charge in [-0.25, -0.2) is 4.98 Å². The smallest absolute Gasteiger partial charge is 0.297 e. The van der Waals surface area contributed by atoms with Crippen molar-refractivity contribution in [2.45, 2.75) is 44.6 Å². The Morgan fingerprint density at radius 2 is 2.03 bits per heavy atom. The fourth-order valence-corrected chi connectivity index (χ4v) is 6.60. The summed E-state index contributed by atoms with van der Waals surface area (Å²) in [4.78, 5) is 13.5. The first-order chi connectivity index (χ1) is 17.5. The molecule has 0 saturated carbocycles. The lowest BCUT2D eigenvalue weighted by atomic mass is 9.67. The highest BCUT2D eigenvalue weighted by atomic mass is 16.4. The average Bonchev–Trinajstić information content (AvgIpc) is 3.53. The molecule has 2 saturated heterocycles. The first-order valence-electron chi connectivity index (χ1n) is 13.4. The molecule has 2 unspecified atom stereocenters. The molecule has 3 aliphatic heterocycles. The van der Waals surface area contributed by atoms with Gasteiger partial charge in [0.15, 0.2) is 5.76 Å². The molecule has 0 amide bonds. The van der Waals surface area contributed by atoms with Crippen LogP contribution in [0.4, 0.5) is 11.7 Å². The van der Waals surface area contributed by atoms with E-state index in [0.717, 1.165) is 64.2 Å². The summed E-state index contributed by atoms with van der Waals surface area (Å²) in [6.07, 6.45) is 6.27. The molecule has 36 heavy (non-hydrogen) atoms. The molecule has 7 nitrogen and oxygen atoms in total. The van der Waals surface area contributed by atoms with Gasteiger partial charge in [0.25, 0.3) is 6.01 Å². The maximum absolute atomic E-state index is 11.1. The van der Waals surface area contributed by atoms with E-state index in [1.54, 1.807) is 12.4 Å². The molecule has 1 aromatic carbocycles. The Labute approximate surface area is 213 Å². The number of benzene rings is 1. The third kappa shape index (κ3) is 4.28. The Morgan fingerprint density at radius 1 is 1.17 bits per heavy atom. The SMILES string of the molecule is Cc1ccc2c(c1)NCC21CCN(C[C@H](O)C2CCN(c3ncc(-c4ccccn4)o3)CC2)CC1C. The molecule has 7 heteroatoms. The van der Waals surface area contributed by atoms with Crippen LogP contribution in [0.2, 0.25) is 0 Å². The molecule has 0 bridgehead atoms. The Bertz CT molecular complexity index is 1190. The van der Waals surface area contributed by atoms with Crippen LogP contribution in [-0.4, -0.2) is 65.3 Å². The number of hydrogen-bond donors (Lipinski definition) is 2. The average molecular weight is 488 g/mol. The molecule has 5 heterocycles. The van der Waals surface area contributed by atoms with Crippen molar-refractivity contribution >= 4 is 11.7 Å². The molecule has 2 aromatic heterocycles. The quantitative estimate of drug-likeness (QED) is 0.555. The van der Waals surface area contributed by atoms with E-state index in [9.17, 15) is 5.11 Å². The number of likely N-dealkylation sites (tertiary alicyclic amines) is 1. The Balaban J connectivity index is 1.02. The highest BCUT2D eigenvalue weighted by Crippen LogP contribution is 2.47. The molecule has 0 radical (unpaired) electrons. The standard InChI is InChI=1S/C29H37N5O2/c1-20-6-7-23-25(15-20)32-19-29(23)10-14-33(17-21(29)2)18-26(35)22-8-12-34(13-9-22)28-31-16-27(36-28)24-5-3-4-11-30-24/h3-7,11,15-16,21-22,26,32,35H,8-10,12-14,17-19H2,1-2H3/t21?,26-,29?/m0/s1. The van der Waals surface area contributed by atoms with Gasteiger partial charge in [-0.3, -0.25) is 4.98 Å². The molecule has 3 aliphatic rings. The number of rotatable bonds is 5. The number of aliphatic hydroxyl groups excluding tert-OH is 1. The minimum Gasteiger partial charge on any atom is -0.422 e. The highest BCUT2D eigenvalue weighted by molar-refractivity contribution is 5.62. The van der Waals surface area contributed by atoms with E-state index in [-0.39, 0.29) is 11.5 Å². The molecular formula is C29H37N5O2. The maximum atomic E-state index is 11.1. The van der Waals surface area contributed by atoms with Crippen LogP contribution in [0, 0.1) is 18.8 Å². The summed E-state index contributed by atoms with van der Waals surface area (Å²) in [5.74, 6) is 1.56. The second-order valence-electron chi connectivity index (χ2n) is 11.1. The van der Waals surface area contributed by atoms with E-state index < -0.39 is 0 Å². The molecule has 2 N–H and O–H groups in total. The summed E-state index contributed by atoms with van der Waals surface area (Å²) >= 11 is 0. The van der Waals surface area contributed by atoms with E-state index in [2.05, 4.69) is 57.1 Å². The van der Waals surface area contributed by atoms with Crippen molar-refractivity contribution in [1.82, 2.24) is 14.9 Å². The number of pyridine rings is 1. The van der Waals surface area contributed by atoms with Crippen LogP contribution in [0.3, 0.4) is 0 Å². The van der Waals surface area contributed by atoms with Crippen LogP contribution in [-0.2, 0) is 5.41 Å². The van der Waals surface area contributed by atoms with E-state index >= 15 is 0 Å². The lowest BCUT2D eigenvalue weighted by Crippen LogP contribution is -2.52. The van der Waals surface area contributed by atoms with Crippen molar-refractivity contribution in [3.63, 3.8) is 0 Å². The topological polar surface area (TPSA) is 77.7 Å². The second-order valence-corrected chi connectivity index (χ2v) is 11.1. The summed E-state index contributed by atoms with van der Waals surface area (Å²) in [6.45, 7) is 10.1. The van der Waals surface area contributed by atoms with Crippen molar-refractivity contribution in [1.29, 1.82) is 0 Å². The number of anilines is 2. The van der Waals surface area contributed by atoms with Crippen LogP contribution in [0.5, 0.6) is 0 Å². The zero-order valence-electron chi connectivity index (χ0n) is 21.4. The number of β-amino-alcohol motifs (C(OH)–C–C–N with tert-alkyl or cyclic N) is 1. The first kappa shape index (κ1) is 23.5. The predicted octanol–water partition coefficient (Wildman–Crippen LogP) is 4.33. The third-order valence-corrected chi connectivity index (χ3v) is 8.87. The Kier molecular flexibility index (Phi) is 6.21. The second kappa shape index (κ2) is 9.52. The lowest BCUT2D eigenvalue weighted by molar-refractivity contribution is 0.0242. The minimum absolute atomic E-state index is 0.222. The number of oxazole rings is 1. The van der Waals surface area contributed by atoms with Gasteiger partial charge in [-0.15, -0.1) is 0 Å². The molecule has 3 aromatic rings. The largest absolute Gasteiger partial charge is 0.422 e. The van der Waals surface area contributed by atoms with Crippen LogP contribution in [0.25, 0.3) is 11.5 Å². The third-order valence-electron chi connectivity index (χ3n) is 8.87. The van der Waals surface area contributed by atoms with E-state index in [0.29, 0.717) is 23.6 Å². The van der Waals surface area contributed by atoms with Crippen molar-refractivity contribution in [3.8, 4) is 11.5 Å². The van der Waals surface area contributed by atoms with E-state index in [1.165, 1.54) is 16.8 Å². The van der Waals surface area contributed by atoms with E-state index in [4.69, 9.17) is 4.42 Å². The zero-order valence-corrected chi connectivity index (χ0v) is 21.4. The van der Waals surface area contributed by atoms with Gasteiger partial charge in [0.05, 0.1) is 12.3 Å². The number of nitrogens with zero attached hydrogens (tertiary/aromatic N) is 4. The van der Waals surface area contributed by atoms with Crippen molar-refractivity contribution < 1.29 is 9.52 Å². The number of aromatic nitrogens is 2. The fraction of sp³-hybridized carbons (Fsp3) is 0.517. The van der Waals surface area contributed by atoms with Crippen LogP contribution < -0.4 is 10.2 Å². The summed E-state index contributed by atoms with van der Waals surface area (Å²) in [5.41, 5.74) is 5.14. The summed E-state index contributed by atoms with van der Waals surface area (Å²) in [7, 11) is 0. The van der Waals surface area contributed by atoms with Gasteiger partial charge in [-0.05, 0) is 73.9 Å². The van der Waals surface area contributed by atoms with Gasteiger partial charge in [-0.2, -0.15) is 0 Å². The molecular weight excluding hydrogens is 450 g/mol. The number of aryl methyl sites for hydroxylation is 1. The van der Waals surface area contributed by atoms with Crippen LogP contribution in [0.1, 0.15) is 37.3 Å². The van der Waals surface area contributed by atoms with E-state index in [1.807, 2.05) is 18.2 Å². The van der Waals surface area contributed by atoms with Gasteiger partial charge in [0.1, 0.15) is 5.69 Å². The van der Waals surface area contributed by atoms with Crippen molar-refractivity contribution in [3.05, 3.63) is 59.9 Å². The monoisotopic (exact) mass is 487 g/mol. The maximum Gasteiger partial charge on any atom is 0.297 e. The summed E-state index contributed by atoms with van der Waals surface area (Å²) < 4.78 is 5.99. The molecule has 190 valence electrons. The molecule has 6 rings (SSSR count). The summed E-state index contributed by atoms with van der Waals surface area (Å²) in [5, 5.41) is 14.8. The first-order valence-corrected chi connectivity index (χ1v) is 13.4. The van der Waals surface area contributed by atoms with Gasteiger partial charge in [0, 0.05) is 50.0 Å². The number of fused-ring (bicyclic) bond motifs is 2. The van der Waals surface area contributed by atoms with Gasteiger partial charge < -0.3 is 24.6 Å². The van der Waals surface area contributed by atoms with Crippen molar-refractivity contribution in [2.24, 2.45) is 11.8 Å². The van der Waals surface area contributed by atoms with Crippen molar-refractivity contribution in [2.75, 3.05) is 49.5 Å². The minimum atomic E-state index is -0.293. The molecule has 2 fully saturated rings. The van der Waals surface area contributed by atoms with Gasteiger partial charge in [-0.1, -0.05) is 25.1 Å². The number of nitrogens with one attached hydrogen (secondary N) is 1. The fourth-order valence-electron chi connectivity index (χ4n) is 6.60. The number of hydrogen-bond acceptors (Lipinski definition) is 7. The zero-order chi connectivity index (χ0) is 24.7. The molecule has 3 atom stereocenters. The number of piperidine rings is 2. The van der Waals surface area contributed by atoms with Gasteiger partial charge in [0.2, 0.25) is 0 Å².